The number of halogens is 1. The first-order valence-electron chi connectivity index (χ1n) is 6.41. The SMILES string of the molecule is CC(Cc1ccc(Cl)cc1)NC(=O)Oc1ccccc1. The highest BCUT2D eigenvalue weighted by Crippen LogP contribution is 2.12. The Morgan fingerprint density at radius 3 is 2.45 bits per heavy atom. The molecule has 0 saturated heterocycles. The number of benzene rings is 2. The summed E-state index contributed by atoms with van der Waals surface area (Å²) in [5.41, 5.74) is 1.11. The molecule has 0 aliphatic carbocycles. The Morgan fingerprint density at radius 1 is 1.15 bits per heavy atom. The van der Waals surface area contributed by atoms with E-state index in [0.717, 1.165) is 12.0 Å². The van der Waals surface area contributed by atoms with Crippen molar-refractivity contribution in [1.29, 1.82) is 0 Å². The molecule has 1 unspecified atom stereocenters. The highest BCUT2D eigenvalue weighted by Gasteiger charge is 2.09. The Labute approximate surface area is 123 Å². The van der Waals surface area contributed by atoms with Gasteiger partial charge in [0.15, 0.2) is 0 Å². The van der Waals surface area contributed by atoms with E-state index < -0.39 is 6.09 Å². The molecule has 3 nitrogen and oxygen atoms in total. The summed E-state index contributed by atoms with van der Waals surface area (Å²) in [6.07, 6.45) is 0.277. The van der Waals surface area contributed by atoms with Crippen molar-refractivity contribution in [3.05, 3.63) is 65.2 Å². The fourth-order valence-corrected chi connectivity index (χ4v) is 1.98. The molecular formula is C16H16ClNO2. The first-order chi connectivity index (χ1) is 9.63. The van der Waals surface area contributed by atoms with Gasteiger partial charge in [0.2, 0.25) is 0 Å². The van der Waals surface area contributed by atoms with Gasteiger partial charge in [-0.3, -0.25) is 0 Å². The van der Waals surface area contributed by atoms with E-state index in [2.05, 4.69) is 5.32 Å². The van der Waals surface area contributed by atoms with Crippen LogP contribution in [0.1, 0.15) is 12.5 Å². The van der Waals surface area contributed by atoms with Crippen LogP contribution in [0.3, 0.4) is 0 Å². The van der Waals surface area contributed by atoms with Gasteiger partial charge < -0.3 is 10.1 Å². The van der Waals surface area contributed by atoms with Crippen molar-refractivity contribution in [2.75, 3.05) is 0 Å². The summed E-state index contributed by atoms with van der Waals surface area (Å²) in [5, 5.41) is 3.50. The van der Waals surface area contributed by atoms with Crippen LogP contribution in [0.2, 0.25) is 5.02 Å². The first-order valence-corrected chi connectivity index (χ1v) is 6.79. The minimum absolute atomic E-state index is 0.0209. The van der Waals surface area contributed by atoms with Gasteiger partial charge in [-0.05, 0) is 43.2 Å². The van der Waals surface area contributed by atoms with Crippen LogP contribution in [0.25, 0.3) is 0 Å². The highest BCUT2D eigenvalue weighted by atomic mass is 35.5. The lowest BCUT2D eigenvalue weighted by Gasteiger charge is -2.14. The second kappa shape index (κ2) is 6.96. The molecule has 2 rings (SSSR count). The minimum atomic E-state index is -0.447. The van der Waals surface area contributed by atoms with Gasteiger partial charge in [0.05, 0.1) is 0 Å². The van der Waals surface area contributed by atoms with E-state index in [9.17, 15) is 4.79 Å². The number of hydrogen-bond acceptors (Lipinski definition) is 2. The van der Waals surface area contributed by atoms with E-state index in [1.54, 1.807) is 12.1 Å². The molecule has 1 N–H and O–H groups in total. The predicted octanol–water partition coefficient (Wildman–Crippen LogP) is 4.06. The Morgan fingerprint density at radius 2 is 1.80 bits per heavy atom. The smallest absolute Gasteiger partial charge is 0.410 e. The first kappa shape index (κ1) is 14.4. The number of ether oxygens (including phenoxy) is 1. The molecule has 0 radical (unpaired) electrons. The maximum Gasteiger partial charge on any atom is 0.412 e. The molecule has 20 heavy (non-hydrogen) atoms. The molecule has 4 heteroatoms. The zero-order chi connectivity index (χ0) is 14.4. The summed E-state index contributed by atoms with van der Waals surface area (Å²) >= 11 is 5.83. The van der Waals surface area contributed by atoms with Crippen molar-refractivity contribution >= 4 is 17.7 Å². The summed E-state index contributed by atoms with van der Waals surface area (Å²) in [6, 6.07) is 16.5. The Hall–Kier alpha value is -2.00. The highest BCUT2D eigenvalue weighted by molar-refractivity contribution is 6.30. The number of nitrogens with one attached hydrogen (secondary N) is 1. The van der Waals surface area contributed by atoms with Crippen LogP contribution >= 0.6 is 11.6 Å². The lowest BCUT2D eigenvalue weighted by atomic mass is 10.1. The molecule has 0 spiro atoms. The molecule has 0 fully saturated rings. The van der Waals surface area contributed by atoms with Gasteiger partial charge >= 0.3 is 6.09 Å². The summed E-state index contributed by atoms with van der Waals surface area (Å²) in [7, 11) is 0. The van der Waals surface area contributed by atoms with E-state index >= 15 is 0 Å². The van der Waals surface area contributed by atoms with E-state index in [1.165, 1.54) is 0 Å². The molecule has 0 aliphatic rings. The second-order valence-corrected chi connectivity index (χ2v) is 5.01. The molecule has 2 aromatic rings. The standard InChI is InChI=1S/C16H16ClNO2/c1-12(11-13-7-9-14(17)10-8-13)18-16(19)20-15-5-3-2-4-6-15/h2-10,12H,11H2,1H3,(H,18,19). The van der Waals surface area contributed by atoms with E-state index in [-0.39, 0.29) is 6.04 Å². The van der Waals surface area contributed by atoms with Crippen molar-refractivity contribution in [2.45, 2.75) is 19.4 Å². The van der Waals surface area contributed by atoms with E-state index in [0.29, 0.717) is 10.8 Å². The Kier molecular flexibility index (Phi) is 5.02. The fourth-order valence-electron chi connectivity index (χ4n) is 1.85. The number of carbonyl (C=O) groups is 1. The van der Waals surface area contributed by atoms with Gasteiger partial charge in [0.25, 0.3) is 0 Å². The molecule has 104 valence electrons. The van der Waals surface area contributed by atoms with Crippen LogP contribution in [0.5, 0.6) is 5.75 Å². The average Bonchev–Trinajstić information content (AvgIpc) is 2.42. The van der Waals surface area contributed by atoms with Crippen LogP contribution < -0.4 is 10.1 Å². The average molecular weight is 290 g/mol. The van der Waals surface area contributed by atoms with Crippen LogP contribution in [0, 0.1) is 0 Å². The third-order valence-corrected chi connectivity index (χ3v) is 3.03. The van der Waals surface area contributed by atoms with Gasteiger partial charge in [0.1, 0.15) is 5.75 Å². The van der Waals surface area contributed by atoms with Crippen LogP contribution in [0.4, 0.5) is 4.79 Å². The molecule has 0 aromatic heterocycles. The van der Waals surface area contributed by atoms with Crippen molar-refractivity contribution < 1.29 is 9.53 Å². The van der Waals surface area contributed by atoms with Gasteiger partial charge in [0, 0.05) is 11.1 Å². The molecule has 0 bridgehead atoms. The lowest BCUT2D eigenvalue weighted by molar-refractivity contribution is 0.197. The fraction of sp³-hybridized carbons (Fsp3) is 0.188. The maximum absolute atomic E-state index is 11.7. The predicted molar refractivity (Wildman–Crippen MR) is 80.2 cm³/mol. The molecule has 2 aromatic carbocycles. The molecule has 0 saturated carbocycles. The van der Waals surface area contributed by atoms with Gasteiger partial charge in [-0.1, -0.05) is 41.9 Å². The van der Waals surface area contributed by atoms with Gasteiger partial charge in [-0.15, -0.1) is 0 Å². The van der Waals surface area contributed by atoms with Crippen LogP contribution in [0.15, 0.2) is 54.6 Å². The number of para-hydroxylation sites is 1. The maximum atomic E-state index is 11.7. The summed E-state index contributed by atoms with van der Waals surface area (Å²) in [4.78, 5) is 11.7. The number of hydrogen-bond donors (Lipinski definition) is 1. The van der Waals surface area contributed by atoms with E-state index in [4.69, 9.17) is 16.3 Å². The van der Waals surface area contributed by atoms with Crippen molar-refractivity contribution in [1.82, 2.24) is 5.32 Å². The monoisotopic (exact) mass is 289 g/mol. The van der Waals surface area contributed by atoms with Crippen molar-refractivity contribution in [3.8, 4) is 5.75 Å². The van der Waals surface area contributed by atoms with Crippen molar-refractivity contribution in [2.24, 2.45) is 0 Å². The lowest BCUT2D eigenvalue weighted by Crippen LogP contribution is -2.36. The summed E-state index contributed by atoms with van der Waals surface area (Å²) < 4.78 is 5.17. The quantitative estimate of drug-likeness (QED) is 0.922. The topological polar surface area (TPSA) is 38.3 Å². The minimum Gasteiger partial charge on any atom is -0.410 e. The third-order valence-electron chi connectivity index (χ3n) is 2.77. The van der Waals surface area contributed by atoms with Gasteiger partial charge in [-0.25, -0.2) is 4.79 Å². The molecule has 0 heterocycles. The number of rotatable bonds is 4. The number of carbonyl (C=O) groups excluding carboxylic acids is 1. The zero-order valence-electron chi connectivity index (χ0n) is 11.2. The Balaban J connectivity index is 1.83. The van der Waals surface area contributed by atoms with E-state index in [1.807, 2.05) is 49.4 Å². The van der Waals surface area contributed by atoms with Crippen LogP contribution in [-0.4, -0.2) is 12.1 Å². The zero-order valence-corrected chi connectivity index (χ0v) is 11.9. The van der Waals surface area contributed by atoms with Crippen LogP contribution in [-0.2, 0) is 6.42 Å². The molecule has 0 aliphatic heterocycles. The molecule has 1 atom stereocenters. The normalized spacial score (nSPS) is 11.7. The molecule has 1 amide bonds. The number of amides is 1. The summed E-state index contributed by atoms with van der Waals surface area (Å²) in [6.45, 7) is 1.93. The second-order valence-electron chi connectivity index (χ2n) is 4.58. The van der Waals surface area contributed by atoms with Crippen molar-refractivity contribution in [3.63, 3.8) is 0 Å². The molecular weight excluding hydrogens is 274 g/mol. The van der Waals surface area contributed by atoms with Gasteiger partial charge in [-0.2, -0.15) is 0 Å². The summed E-state index contributed by atoms with van der Waals surface area (Å²) in [5.74, 6) is 0.531. The third kappa shape index (κ3) is 4.59. The largest absolute Gasteiger partial charge is 0.412 e. The Bertz CT molecular complexity index is 554.